The number of anilines is 2. The van der Waals surface area contributed by atoms with Crippen molar-refractivity contribution in [3.8, 4) is 5.75 Å². The van der Waals surface area contributed by atoms with E-state index in [0.717, 1.165) is 56.7 Å². The number of ether oxygens (including phenoxy) is 1. The second-order valence-electron chi connectivity index (χ2n) is 7.85. The number of hydrogen-bond acceptors (Lipinski definition) is 6. The van der Waals surface area contributed by atoms with Crippen LogP contribution in [0.15, 0.2) is 36.4 Å². The Balaban J connectivity index is 1.31. The minimum Gasteiger partial charge on any atom is -0.497 e. The molecule has 2 aliphatic heterocycles. The van der Waals surface area contributed by atoms with Crippen LogP contribution in [-0.4, -0.2) is 87.0 Å². The number of carbonyl (C=O) groups is 1. The highest BCUT2D eigenvalue weighted by Gasteiger charge is 2.24. The summed E-state index contributed by atoms with van der Waals surface area (Å²) in [5.41, 5.74) is 0.693. The molecule has 2 fully saturated rings. The number of aromatic nitrogens is 2. The molecule has 1 aromatic carbocycles. The van der Waals surface area contributed by atoms with Gasteiger partial charge in [0.05, 0.1) is 39.8 Å². The van der Waals surface area contributed by atoms with Gasteiger partial charge in [0.25, 0.3) is 5.91 Å². The van der Waals surface area contributed by atoms with E-state index in [2.05, 4.69) is 39.1 Å². The van der Waals surface area contributed by atoms with Crippen molar-refractivity contribution in [1.29, 1.82) is 0 Å². The summed E-state index contributed by atoms with van der Waals surface area (Å²) in [6.45, 7) is 10.7. The first-order chi connectivity index (χ1) is 14.7. The van der Waals surface area contributed by atoms with Crippen molar-refractivity contribution < 1.29 is 14.4 Å². The summed E-state index contributed by atoms with van der Waals surface area (Å²) in [7, 11) is 1.62. The average molecular weight is 412 g/mol. The Bertz CT molecular complexity index is 826. The molecule has 2 aliphatic rings. The van der Waals surface area contributed by atoms with Crippen molar-refractivity contribution in [3.63, 3.8) is 0 Å². The minimum absolute atomic E-state index is 0.0621. The molecule has 1 amide bonds. The number of benzene rings is 1. The molecular weight excluding hydrogens is 380 g/mol. The molecule has 30 heavy (non-hydrogen) atoms. The number of piperazine rings is 2. The molecule has 160 valence electrons. The molecule has 4 rings (SSSR count). The number of nitrogens with zero attached hydrogens (tertiary/aromatic N) is 5. The first-order valence-electron chi connectivity index (χ1n) is 10.8. The number of rotatable bonds is 5. The molecular formula is C22H31N6O2+. The maximum atomic E-state index is 12.7. The van der Waals surface area contributed by atoms with Crippen LogP contribution in [0.4, 0.5) is 11.6 Å². The quantitative estimate of drug-likeness (QED) is 0.757. The standard InChI is InChI=1S/C22H30N6O2/c1-3-25-10-12-26(13-11-25)20-8-9-21(24-23-20)27-14-16-28(17-15-27)22(29)18-4-6-19(30-2)7-5-18/h4-9H,3,10-17H2,1-2H3/p+1. The Morgan fingerprint density at radius 1 is 0.900 bits per heavy atom. The molecule has 1 aromatic heterocycles. The Labute approximate surface area is 178 Å². The first-order valence-corrected chi connectivity index (χ1v) is 10.8. The van der Waals surface area contributed by atoms with E-state index in [1.807, 2.05) is 29.2 Å². The van der Waals surface area contributed by atoms with E-state index in [-0.39, 0.29) is 5.91 Å². The van der Waals surface area contributed by atoms with Gasteiger partial charge < -0.3 is 24.3 Å². The van der Waals surface area contributed by atoms with E-state index in [4.69, 9.17) is 4.74 Å². The lowest BCUT2D eigenvalue weighted by Gasteiger charge is -2.35. The van der Waals surface area contributed by atoms with Crippen molar-refractivity contribution in [2.45, 2.75) is 6.92 Å². The van der Waals surface area contributed by atoms with Crippen LogP contribution < -0.4 is 19.4 Å². The molecule has 0 unspecified atom stereocenters. The van der Waals surface area contributed by atoms with Gasteiger partial charge in [-0.1, -0.05) is 0 Å². The molecule has 0 aliphatic carbocycles. The summed E-state index contributed by atoms with van der Waals surface area (Å²) in [4.78, 5) is 20.8. The number of carbonyl (C=O) groups excluding carboxylic acids is 1. The lowest BCUT2D eigenvalue weighted by Crippen LogP contribution is -3.14. The van der Waals surface area contributed by atoms with Gasteiger partial charge in [-0.25, -0.2) is 0 Å². The molecule has 2 saturated heterocycles. The smallest absolute Gasteiger partial charge is 0.253 e. The Kier molecular flexibility index (Phi) is 6.32. The third kappa shape index (κ3) is 4.48. The van der Waals surface area contributed by atoms with Gasteiger partial charge in [-0.15, -0.1) is 10.2 Å². The summed E-state index contributed by atoms with van der Waals surface area (Å²) < 4.78 is 5.17. The Morgan fingerprint density at radius 3 is 1.97 bits per heavy atom. The summed E-state index contributed by atoms with van der Waals surface area (Å²) in [5.74, 6) is 2.66. The molecule has 0 saturated carbocycles. The molecule has 1 N–H and O–H groups in total. The van der Waals surface area contributed by atoms with Crippen molar-refractivity contribution in [1.82, 2.24) is 15.1 Å². The molecule has 3 heterocycles. The van der Waals surface area contributed by atoms with E-state index >= 15 is 0 Å². The van der Waals surface area contributed by atoms with Gasteiger partial charge >= 0.3 is 0 Å². The zero-order valence-electron chi connectivity index (χ0n) is 17.9. The van der Waals surface area contributed by atoms with E-state index in [9.17, 15) is 4.79 Å². The molecule has 0 spiro atoms. The summed E-state index contributed by atoms with van der Waals surface area (Å²) in [5, 5.41) is 8.95. The van der Waals surface area contributed by atoms with Crippen molar-refractivity contribution in [2.75, 3.05) is 75.8 Å². The van der Waals surface area contributed by atoms with Crippen molar-refractivity contribution in [3.05, 3.63) is 42.0 Å². The van der Waals surface area contributed by atoms with Crippen LogP contribution in [0.2, 0.25) is 0 Å². The molecule has 2 aromatic rings. The number of methoxy groups -OCH3 is 1. The highest BCUT2D eigenvalue weighted by atomic mass is 16.5. The molecule has 8 heteroatoms. The predicted octanol–water partition coefficient (Wildman–Crippen LogP) is 0.172. The normalized spacial score (nSPS) is 17.9. The fourth-order valence-electron chi connectivity index (χ4n) is 4.12. The van der Waals surface area contributed by atoms with E-state index in [1.54, 1.807) is 12.0 Å². The topological polar surface area (TPSA) is 66.2 Å². The van der Waals surface area contributed by atoms with Crippen LogP contribution in [0.5, 0.6) is 5.75 Å². The first kappa shape index (κ1) is 20.4. The van der Waals surface area contributed by atoms with Crippen LogP contribution in [0, 0.1) is 0 Å². The molecule has 8 nitrogen and oxygen atoms in total. The number of hydrogen-bond donors (Lipinski definition) is 1. The van der Waals surface area contributed by atoms with Crippen LogP contribution >= 0.6 is 0 Å². The van der Waals surface area contributed by atoms with E-state index in [1.165, 1.54) is 6.54 Å². The zero-order valence-corrected chi connectivity index (χ0v) is 17.9. The number of quaternary nitrogens is 1. The summed E-state index contributed by atoms with van der Waals surface area (Å²) >= 11 is 0. The zero-order chi connectivity index (χ0) is 20.9. The summed E-state index contributed by atoms with van der Waals surface area (Å²) in [6, 6.07) is 11.4. The lowest BCUT2D eigenvalue weighted by molar-refractivity contribution is -0.898. The third-order valence-corrected chi connectivity index (χ3v) is 6.16. The maximum absolute atomic E-state index is 12.7. The van der Waals surface area contributed by atoms with Gasteiger partial charge in [-0.2, -0.15) is 0 Å². The maximum Gasteiger partial charge on any atom is 0.253 e. The van der Waals surface area contributed by atoms with Gasteiger partial charge in [0.1, 0.15) is 5.75 Å². The SMILES string of the molecule is CC[NH+]1CCN(c2ccc(N3CCN(C(=O)c4ccc(OC)cc4)CC3)nn2)CC1. The van der Waals surface area contributed by atoms with Gasteiger partial charge in [0.15, 0.2) is 11.6 Å². The number of likely N-dealkylation sites (N-methyl/N-ethyl adjacent to an activating group) is 1. The highest BCUT2D eigenvalue weighted by molar-refractivity contribution is 5.94. The monoisotopic (exact) mass is 411 g/mol. The van der Waals surface area contributed by atoms with Crippen LogP contribution in [0.1, 0.15) is 17.3 Å². The Hall–Kier alpha value is -2.87. The average Bonchev–Trinajstić information content (AvgIpc) is 2.84. The fourth-order valence-corrected chi connectivity index (χ4v) is 4.12. The number of amides is 1. The highest BCUT2D eigenvalue weighted by Crippen LogP contribution is 2.18. The van der Waals surface area contributed by atoms with Crippen molar-refractivity contribution >= 4 is 17.5 Å². The van der Waals surface area contributed by atoms with Gasteiger partial charge in [0.2, 0.25) is 0 Å². The van der Waals surface area contributed by atoms with Gasteiger partial charge in [-0.05, 0) is 43.3 Å². The van der Waals surface area contributed by atoms with Crippen LogP contribution in [0.25, 0.3) is 0 Å². The second-order valence-corrected chi connectivity index (χ2v) is 7.85. The fraction of sp³-hybridized carbons (Fsp3) is 0.500. The second kappa shape index (κ2) is 9.30. The largest absolute Gasteiger partial charge is 0.497 e. The molecule has 0 radical (unpaired) electrons. The lowest BCUT2D eigenvalue weighted by atomic mass is 10.1. The number of nitrogens with one attached hydrogen (secondary N) is 1. The third-order valence-electron chi connectivity index (χ3n) is 6.16. The summed E-state index contributed by atoms with van der Waals surface area (Å²) in [6.07, 6.45) is 0. The van der Waals surface area contributed by atoms with Crippen molar-refractivity contribution in [2.24, 2.45) is 0 Å². The van der Waals surface area contributed by atoms with Crippen LogP contribution in [0.3, 0.4) is 0 Å². The van der Waals surface area contributed by atoms with Crippen LogP contribution in [-0.2, 0) is 0 Å². The minimum atomic E-state index is 0.0621. The van der Waals surface area contributed by atoms with Gasteiger partial charge in [-0.3, -0.25) is 4.79 Å². The molecule has 0 bridgehead atoms. The Morgan fingerprint density at radius 2 is 1.47 bits per heavy atom. The van der Waals surface area contributed by atoms with E-state index < -0.39 is 0 Å². The molecule has 0 atom stereocenters. The predicted molar refractivity (Wildman–Crippen MR) is 117 cm³/mol. The van der Waals surface area contributed by atoms with Gasteiger partial charge in [0, 0.05) is 31.7 Å². The van der Waals surface area contributed by atoms with E-state index in [0.29, 0.717) is 18.7 Å².